The van der Waals surface area contributed by atoms with Crippen LogP contribution in [0.25, 0.3) is 0 Å². The van der Waals surface area contributed by atoms with E-state index in [0.29, 0.717) is 19.4 Å². The lowest BCUT2D eigenvalue weighted by Crippen LogP contribution is -2.39. The number of hydrogen-bond acceptors (Lipinski definition) is 3. The van der Waals surface area contributed by atoms with Crippen LogP contribution in [-0.2, 0) is 6.42 Å². The molecule has 0 spiro atoms. The molecule has 0 saturated heterocycles. The minimum atomic E-state index is -0.354. The Morgan fingerprint density at radius 2 is 2.00 bits per heavy atom. The Morgan fingerprint density at radius 3 is 2.65 bits per heavy atom. The SMILES string of the molecule is CCC(O)CCNC(=O)NC(Cc1ccccc1)c1cccs1. The van der Waals surface area contributed by atoms with E-state index in [1.165, 1.54) is 5.56 Å². The summed E-state index contributed by atoms with van der Waals surface area (Å²) < 4.78 is 0. The summed E-state index contributed by atoms with van der Waals surface area (Å²) in [4.78, 5) is 13.2. The first kappa shape index (κ1) is 17.5. The zero-order chi connectivity index (χ0) is 16.5. The van der Waals surface area contributed by atoms with Gasteiger partial charge in [-0.05, 0) is 36.3 Å². The maximum Gasteiger partial charge on any atom is 0.315 e. The standard InChI is InChI=1S/C18H24N2O2S/c1-2-15(21)10-11-19-18(22)20-16(17-9-6-12-23-17)13-14-7-4-3-5-8-14/h3-9,12,15-16,21H,2,10-11,13H2,1H3,(H2,19,20,22). The van der Waals surface area contributed by atoms with Gasteiger partial charge in [-0.15, -0.1) is 11.3 Å². The zero-order valence-corrected chi connectivity index (χ0v) is 14.2. The molecule has 1 heterocycles. The Labute approximate surface area is 141 Å². The molecule has 0 saturated carbocycles. The summed E-state index contributed by atoms with van der Waals surface area (Å²) in [5.41, 5.74) is 1.19. The number of aliphatic hydroxyl groups is 1. The van der Waals surface area contributed by atoms with Crippen LogP contribution < -0.4 is 10.6 Å². The van der Waals surface area contributed by atoms with Gasteiger partial charge in [0.2, 0.25) is 0 Å². The average Bonchev–Trinajstić information content (AvgIpc) is 3.09. The van der Waals surface area contributed by atoms with E-state index in [1.807, 2.05) is 42.6 Å². The van der Waals surface area contributed by atoms with Gasteiger partial charge in [-0.25, -0.2) is 4.79 Å². The van der Waals surface area contributed by atoms with Gasteiger partial charge in [0, 0.05) is 11.4 Å². The Morgan fingerprint density at radius 1 is 1.22 bits per heavy atom. The number of urea groups is 1. The van der Waals surface area contributed by atoms with E-state index >= 15 is 0 Å². The van der Waals surface area contributed by atoms with E-state index in [9.17, 15) is 9.90 Å². The molecule has 0 fully saturated rings. The van der Waals surface area contributed by atoms with Crippen molar-refractivity contribution in [3.05, 3.63) is 58.3 Å². The van der Waals surface area contributed by atoms with Gasteiger partial charge < -0.3 is 15.7 Å². The molecule has 23 heavy (non-hydrogen) atoms. The first-order valence-corrected chi connectivity index (χ1v) is 8.86. The van der Waals surface area contributed by atoms with E-state index in [2.05, 4.69) is 22.8 Å². The van der Waals surface area contributed by atoms with Crippen LogP contribution in [-0.4, -0.2) is 23.8 Å². The van der Waals surface area contributed by atoms with Crippen molar-refractivity contribution >= 4 is 17.4 Å². The number of benzene rings is 1. The Bertz CT molecular complexity index is 572. The fourth-order valence-electron chi connectivity index (χ4n) is 2.33. The monoisotopic (exact) mass is 332 g/mol. The Kier molecular flexibility index (Phi) is 7.10. The molecular weight excluding hydrogens is 308 g/mol. The fourth-order valence-corrected chi connectivity index (χ4v) is 3.11. The van der Waals surface area contributed by atoms with Gasteiger partial charge in [-0.1, -0.05) is 43.3 Å². The number of thiophene rings is 1. The second-order valence-corrected chi connectivity index (χ2v) is 6.49. The third-order valence-corrected chi connectivity index (χ3v) is 4.69. The molecule has 1 aromatic carbocycles. The summed E-state index contributed by atoms with van der Waals surface area (Å²) >= 11 is 1.64. The van der Waals surface area contributed by atoms with Crippen LogP contribution in [0.5, 0.6) is 0 Å². The topological polar surface area (TPSA) is 61.4 Å². The van der Waals surface area contributed by atoms with Crippen molar-refractivity contribution in [1.29, 1.82) is 0 Å². The second-order valence-electron chi connectivity index (χ2n) is 5.51. The number of rotatable bonds is 8. The molecule has 0 radical (unpaired) electrons. The van der Waals surface area contributed by atoms with Gasteiger partial charge in [0.15, 0.2) is 0 Å². The number of nitrogens with one attached hydrogen (secondary N) is 2. The molecule has 2 aromatic rings. The molecule has 1 aromatic heterocycles. The molecule has 4 nitrogen and oxygen atoms in total. The van der Waals surface area contributed by atoms with Crippen molar-refractivity contribution in [2.24, 2.45) is 0 Å². The van der Waals surface area contributed by atoms with Crippen LogP contribution in [0.2, 0.25) is 0 Å². The summed E-state index contributed by atoms with van der Waals surface area (Å²) in [6.07, 6.45) is 1.68. The van der Waals surface area contributed by atoms with Gasteiger partial charge in [0.25, 0.3) is 0 Å². The van der Waals surface area contributed by atoms with E-state index in [1.54, 1.807) is 11.3 Å². The summed E-state index contributed by atoms with van der Waals surface area (Å²) in [6, 6.07) is 13.9. The highest BCUT2D eigenvalue weighted by Gasteiger charge is 2.16. The maximum absolute atomic E-state index is 12.1. The molecule has 3 N–H and O–H groups in total. The highest BCUT2D eigenvalue weighted by molar-refractivity contribution is 7.10. The van der Waals surface area contributed by atoms with Crippen LogP contribution in [0.3, 0.4) is 0 Å². The van der Waals surface area contributed by atoms with E-state index in [-0.39, 0.29) is 18.2 Å². The van der Waals surface area contributed by atoms with Crippen molar-refractivity contribution in [3.8, 4) is 0 Å². The third kappa shape index (κ3) is 6.04. The molecule has 0 aliphatic carbocycles. The maximum atomic E-state index is 12.1. The number of carbonyl (C=O) groups is 1. The summed E-state index contributed by atoms with van der Waals surface area (Å²) in [5, 5.41) is 17.4. The van der Waals surface area contributed by atoms with Gasteiger partial charge in [-0.2, -0.15) is 0 Å². The molecule has 2 rings (SSSR count). The summed E-state index contributed by atoms with van der Waals surface area (Å²) in [7, 11) is 0. The molecule has 124 valence electrons. The quantitative estimate of drug-likeness (QED) is 0.693. The molecular formula is C18H24N2O2S. The molecule has 2 amide bonds. The predicted molar refractivity (Wildman–Crippen MR) is 94.7 cm³/mol. The van der Waals surface area contributed by atoms with E-state index in [0.717, 1.165) is 11.3 Å². The minimum absolute atomic E-state index is 0.0477. The van der Waals surface area contributed by atoms with E-state index in [4.69, 9.17) is 0 Å². The first-order valence-electron chi connectivity index (χ1n) is 7.98. The highest BCUT2D eigenvalue weighted by atomic mass is 32.1. The van der Waals surface area contributed by atoms with Crippen molar-refractivity contribution in [3.63, 3.8) is 0 Å². The summed E-state index contributed by atoms with van der Waals surface area (Å²) in [5.74, 6) is 0. The number of aliphatic hydroxyl groups excluding tert-OH is 1. The van der Waals surface area contributed by atoms with Gasteiger partial charge in [0.1, 0.15) is 0 Å². The van der Waals surface area contributed by atoms with Gasteiger partial charge in [0.05, 0.1) is 12.1 Å². The number of hydrogen-bond donors (Lipinski definition) is 3. The average molecular weight is 332 g/mol. The van der Waals surface area contributed by atoms with Crippen LogP contribution in [0.4, 0.5) is 4.79 Å². The first-order chi connectivity index (χ1) is 11.2. The second kappa shape index (κ2) is 9.33. The third-order valence-electron chi connectivity index (χ3n) is 3.71. The smallest absolute Gasteiger partial charge is 0.315 e. The van der Waals surface area contributed by atoms with Crippen LogP contribution in [0, 0.1) is 0 Å². The van der Waals surface area contributed by atoms with Crippen LogP contribution in [0.15, 0.2) is 47.8 Å². The van der Waals surface area contributed by atoms with E-state index < -0.39 is 0 Å². The lowest BCUT2D eigenvalue weighted by molar-refractivity contribution is 0.160. The van der Waals surface area contributed by atoms with Crippen LogP contribution >= 0.6 is 11.3 Å². The fraction of sp³-hybridized carbons (Fsp3) is 0.389. The minimum Gasteiger partial charge on any atom is -0.393 e. The molecule has 2 atom stereocenters. The Balaban J connectivity index is 1.91. The molecule has 2 unspecified atom stereocenters. The lowest BCUT2D eigenvalue weighted by Gasteiger charge is -2.18. The zero-order valence-electron chi connectivity index (χ0n) is 13.4. The molecule has 5 heteroatoms. The molecule has 0 aliphatic heterocycles. The number of amides is 2. The Hall–Kier alpha value is -1.85. The lowest BCUT2D eigenvalue weighted by atomic mass is 10.0. The van der Waals surface area contributed by atoms with Gasteiger partial charge >= 0.3 is 6.03 Å². The largest absolute Gasteiger partial charge is 0.393 e. The normalized spacial score (nSPS) is 13.3. The summed E-state index contributed by atoms with van der Waals surface area (Å²) in [6.45, 7) is 2.40. The van der Waals surface area contributed by atoms with Gasteiger partial charge in [-0.3, -0.25) is 0 Å². The predicted octanol–water partition coefficient (Wildman–Crippen LogP) is 3.49. The number of carbonyl (C=O) groups excluding carboxylic acids is 1. The van der Waals surface area contributed by atoms with Crippen molar-refractivity contribution in [1.82, 2.24) is 10.6 Å². The van der Waals surface area contributed by atoms with Crippen LogP contribution in [0.1, 0.15) is 36.2 Å². The molecule has 0 bridgehead atoms. The van der Waals surface area contributed by atoms with Crippen molar-refractivity contribution < 1.29 is 9.90 Å². The molecule has 0 aliphatic rings. The van der Waals surface area contributed by atoms with Crippen molar-refractivity contribution in [2.45, 2.75) is 38.3 Å². The highest BCUT2D eigenvalue weighted by Crippen LogP contribution is 2.22. The van der Waals surface area contributed by atoms with Crippen molar-refractivity contribution in [2.75, 3.05) is 6.54 Å².